The molecule has 0 radical (unpaired) electrons. The third-order valence-electron chi connectivity index (χ3n) is 3.40. The number of primary amides is 1. The zero-order valence-corrected chi connectivity index (χ0v) is 13.6. The van der Waals surface area contributed by atoms with Crippen molar-refractivity contribution in [2.75, 3.05) is 12.4 Å². The number of hydrogen-bond acceptors (Lipinski definition) is 4. The monoisotopic (exact) mass is 328 g/mol. The van der Waals surface area contributed by atoms with Gasteiger partial charge >= 0.3 is 0 Å². The Morgan fingerprint density at radius 1 is 1.12 bits per heavy atom. The van der Waals surface area contributed by atoms with E-state index >= 15 is 0 Å². The van der Waals surface area contributed by atoms with Crippen LogP contribution in [0.2, 0.25) is 0 Å². The third-order valence-corrected chi connectivity index (χ3v) is 3.40. The van der Waals surface area contributed by atoms with Crippen molar-refractivity contribution in [3.63, 3.8) is 0 Å². The molecule has 2 amide bonds. The molecule has 0 bridgehead atoms. The summed E-state index contributed by atoms with van der Waals surface area (Å²) in [5, 5.41) is 2.73. The van der Waals surface area contributed by atoms with Gasteiger partial charge in [-0.2, -0.15) is 0 Å². The quantitative estimate of drug-likeness (QED) is 0.817. The first-order chi connectivity index (χ1) is 11.5. The van der Waals surface area contributed by atoms with Crippen LogP contribution < -0.4 is 20.5 Å². The Labute approximate surface area is 140 Å². The lowest BCUT2D eigenvalue weighted by molar-refractivity contribution is -0.122. The molecule has 0 heterocycles. The van der Waals surface area contributed by atoms with E-state index in [0.29, 0.717) is 29.2 Å². The first-order valence-corrected chi connectivity index (χ1v) is 7.55. The fourth-order valence-electron chi connectivity index (χ4n) is 2.13. The summed E-state index contributed by atoms with van der Waals surface area (Å²) in [5.74, 6) is 0.340. The number of carbonyl (C=O) groups excluding carboxylic acids is 2. The Bertz CT molecular complexity index is 730. The van der Waals surface area contributed by atoms with E-state index in [1.54, 1.807) is 49.6 Å². The van der Waals surface area contributed by atoms with Gasteiger partial charge in [0.15, 0.2) is 6.10 Å². The fraction of sp³-hybridized carbons (Fsp3) is 0.222. The van der Waals surface area contributed by atoms with Gasteiger partial charge in [0.2, 0.25) is 5.91 Å². The van der Waals surface area contributed by atoms with Gasteiger partial charge in [-0.05, 0) is 36.8 Å². The van der Waals surface area contributed by atoms with Gasteiger partial charge in [0.05, 0.1) is 7.11 Å². The lowest BCUT2D eigenvalue weighted by atomic mass is 10.2. The summed E-state index contributed by atoms with van der Waals surface area (Å²) < 4.78 is 10.9. The molecule has 0 aliphatic heterocycles. The van der Waals surface area contributed by atoms with Crippen LogP contribution in [0.5, 0.6) is 11.5 Å². The van der Waals surface area contributed by atoms with Gasteiger partial charge in [-0.15, -0.1) is 0 Å². The molecule has 2 aromatic rings. The average molecular weight is 328 g/mol. The van der Waals surface area contributed by atoms with Gasteiger partial charge in [0.25, 0.3) is 5.91 Å². The molecule has 0 aliphatic carbocycles. The zero-order chi connectivity index (χ0) is 17.5. The van der Waals surface area contributed by atoms with Gasteiger partial charge in [-0.3, -0.25) is 9.59 Å². The molecule has 24 heavy (non-hydrogen) atoms. The highest BCUT2D eigenvalue weighted by molar-refractivity contribution is 5.97. The maximum absolute atomic E-state index is 12.4. The Morgan fingerprint density at radius 3 is 2.50 bits per heavy atom. The highest BCUT2D eigenvalue weighted by Gasteiger charge is 2.19. The molecule has 126 valence electrons. The summed E-state index contributed by atoms with van der Waals surface area (Å²) in [4.78, 5) is 23.6. The number of amides is 2. The summed E-state index contributed by atoms with van der Waals surface area (Å²) in [6, 6.07) is 13.5. The van der Waals surface area contributed by atoms with Crippen molar-refractivity contribution in [1.82, 2.24) is 0 Å². The highest BCUT2D eigenvalue weighted by Crippen LogP contribution is 2.21. The summed E-state index contributed by atoms with van der Waals surface area (Å²) in [7, 11) is 1.56. The second kappa shape index (κ2) is 8.01. The topological polar surface area (TPSA) is 90.7 Å². The third kappa shape index (κ3) is 4.49. The van der Waals surface area contributed by atoms with Gasteiger partial charge in [-0.1, -0.05) is 19.1 Å². The van der Waals surface area contributed by atoms with Crippen molar-refractivity contribution in [2.45, 2.75) is 19.4 Å². The summed E-state index contributed by atoms with van der Waals surface area (Å²) in [6.45, 7) is 1.85. The summed E-state index contributed by atoms with van der Waals surface area (Å²) in [5.41, 5.74) is 6.06. The standard InChI is InChI=1S/C18H20N2O4/c1-3-16(24-15-9-5-8-14(11-15)23-2)18(22)20-13-7-4-6-12(10-13)17(19)21/h4-11,16H,3H2,1-2H3,(H2,19,21)(H,20,22). The number of carbonyl (C=O) groups is 2. The minimum atomic E-state index is -0.672. The molecule has 3 N–H and O–H groups in total. The molecule has 1 atom stereocenters. The van der Waals surface area contributed by atoms with Crippen LogP contribution in [0.1, 0.15) is 23.7 Å². The molecule has 1 unspecified atom stereocenters. The van der Waals surface area contributed by atoms with Crippen molar-refractivity contribution in [3.8, 4) is 11.5 Å². The van der Waals surface area contributed by atoms with Crippen molar-refractivity contribution in [1.29, 1.82) is 0 Å². The minimum absolute atomic E-state index is 0.304. The Morgan fingerprint density at radius 2 is 1.83 bits per heavy atom. The van der Waals surface area contributed by atoms with Crippen LogP contribution in [-0.2, 0) is 4.79 Å². The van der Waals surface area contributed by atoms with Gasteiger partial charge in [-0.25, -0.2) is 0 Å². The van der Waals surface area contributed by atoms with Crippen molar-refractivity contribution >= 4 is 17.5 Å². The molecule has 0 spiro atoms. The van der Waals surface area contributed by atoms with E-state index in [2.05, 4.69) is 5.32 Å². The van der Waals surface area contributed by atoms with Gasteiger partial charge < -0.3 is 20.5 Å². The highest BCUT2D eigenvalue weighted by atomic mass is 16.5. The van der Waals surface area contributed by atoms with Crippen LogP contribution in [-0.4, -0.2) is 25.0 Å². The van der Waals surface area contributed by atoms with Crippen LogP contribution in [0.4, 0.5) is 5.69 Å². The van der Waals surface area contributed by atoms with E-state index < -0.39 is 12.0 Å². The van der Waals surface area contributed by atoms with E-state index in [4.69, 9.17) is 15.2 Å². The fourth-order valence-corrected chi connectivity index (χ4v) is 2.13. The van der Waals surface area contributed by atoms with Crippen molar-refractivity contribution < 1.29 is 19.1 Å². The van der Waals surface area contributed by atoms with E-state index in [1.165, 1.54) is 6.07 Å². The number of benzene rings is 2. The predicted molar refractivity (Wildman–Crippen MR) is 91.3 cm³/mol. The second-order valence-corrected chi connectivity index (χ2v) is 5.13. The van der Waals surface area contributed by atoms with Crippen LogP contribution in [0.3, 0.4) is 0 Å². The van der Waals surface area contributed by atoms with Crippen molar-refractivity contribution in [3.05, 3.63) is 54.1 Å². The number of methoxy groups -OCH3 is 1. The number of rotatable bonds is 7. The largest absolute Gasteiger partial charge is 0.497 e. The van der Waals surface area contributed by atoms with Gasteiger partial charge in [0.1, 0.15) is 11.5 Å². The number of nitrogens with two attached hydrogens (primary N) is 1. The Hall–Kier alpha value is -3.02. The molecular weight excluding hydrogens is 308 g/mol. The molecule has 0 saturated heterocycles. The maximum atomic E-state index is 12.4. The SMILES string of the molecule is CCC(Oc1cccc(OC)c1)C(=O)Nc1cccc(C(N)=O)c1. The van der Waals surface area contributed by atoms with E-state index in [0.717, 1.165) is 0 Å². The van der Waals surface area contributed by atoms with E-state index in [1.807, 2.05) is 6.92 Å². The molecule has 2 rings (SSSR count). The second-order valence-electron chi connectivity index (χ2n) is 5.13. The summed E-state index contributed by atoms with van der Waals surface area (Å²) in [6.07, 6.45) is -0.187. The van der Waals surface area contributed by atoms with Crippen LogP contribution in [0.15, 0.2) is 48.5 Å². The number of ether oxygens (including phenoxy) is 2. The number of anilines is 1. The molecule has 0 fully saturated rings. The molecule has 6 nitrogen and oxygen atoms in total. The molecule has 0 saturated carbocycles. The number of hydrogen-bond donors (Lipinski definition) is 2. The average Bonchev–Trinajstić information content (AvgIpc) is 2.59. The molecule has 2 aromatic carbocycles. The maximum Gasteiger partial charge on any atom is 0.265 e. The minimum Gasteiger partial charge on any atom is -0.497 e. The molecule has 0 aromatic heterocycles. The van der Waals surface area contributed by atoms with E-state index in [9.17, 15) is 9.59 Å². The zero-order valence-electron chi connectivity index (χ0n) is 13.6. The van der Waals surface area contributed by atoms with Crippen LogP contribution >= 0.6 is 0 Å². The smallest absolute Gasteiger partial charge is 0.265 e. The first-order valence-electron chi connectivity index (χ1n) is 7.55. The lowest BCUT2D eigenvalue weighted by Gasteiger charge is -2.18. The Kier molecular flexibility index (Phi) is 5.78. The van der Waals surface area contributed by atoms with Crippen LogP contribution in [0, 0.1) is 0 Å². The number of nitrogens with one attached hydrogen (secondary N) is 1. The first kappa shape index (κ1) is 17.3. The summed E-state index contributed by atoms with van der Waals surface area (Å²) >= 11 is 0. The van der Waals surface area contributed by atoms with E-state index in [-0.39, 0.29) is 5.91 Å². The molecular formula is C18H20N2O4. The lowest BCUT2D eigenvalue weighted by Crippen LogP contribution is -2.32. The van der Waals surface area contributed by atoms with Gasteiger partial charge in [0, 0.05) is 17.3 Å². The Balaban J connectivity index is 2.08. The predicted octanol–water partition coefficient (Wildman–Crippen LogP) is 2.59. The van der Waals surface area contributed by atoms with Crippen LogP contribution in [0.25, 0.3) is 0 Å². The molecule has 0 aliphatic rings. The normalized spacial score (nSPS) is 11.4. The molecule has 6 heteroatoms. The van der Waals surface area contributed by atoms with Crippen molar-refractivity contribution in [2.24, 2.45) is 5.73 Å².